The van der Waals surface area contributed by atoms with Gasteiger partial charge in [-0.05, 0) is 18.2 Å². The first kappa shape index (κ1) is 10.2. The van der Waals surface area contributed by atoms with Crippen molar-refractivity contribution < 1.29 is 4.92 Å². The molecule has 16 heavy (non-hydrogen) atoms. The molecular weight excluding hydrogens is 208 g/mol. The topological polar surface area (TPSA) is 83.9 Å². The molecule has 0 aliphatic heterocycles. The molecule has 0 unspecified atom stereocenters. The molecule has 0 aliphatic rings. The van der Waals surface area contributed by atoms with Gasteiger partial charge in [-0.1, -0.05) is 0 Å². The van der Waals surface area contributed by atoms with Gasteiger partial charge >= 0.3 is 0 Å². The Bertz CT molecular complexity index is 508. The number of aromatic amines is 1. The summed E-state index contributed by atoms with van der Waals surface area (Å²) in [7, 11) is 1.71. The molecule has 0 atom stereocenters. The number of anilines is 1. The van der Waals surface area contributed by atoms with Crippen molar-refractivity contribution in [2.75, 3.05) is 12.4 Å². The first-order valence-corrected chi connectivity index (χ1v) is 4.69. The normalized spacial score (nSPS) is 10.1. The Morgan fingerprint density at radius 1 is 1.44 bits per heavy atom. The van der Waals surface area contributed by atoms with E-state index < -0.39 is 4.92 Å². The lowest BCUT2D eigenvalue weighted by Gasteiger charge is -2.03. The van der Waals surface area contributed by atoms with Gasteiger partial charge in [0.05, 0.1) is 10.6 Å². The van der Waals surface area contributed by atoms with Crippen molar-refractivity contribution in [1.82, 2.24) is 9.97 Å². The van der Waals surface area contributed by atoms with Gasteiger partial charge in [0.2, 0.25) is 0 Å². The van der Waals surface area contributed by atoms with Crippen molar-refractivity contribution >= 4 is 11.5 Å². The second-order valence-electron chi connectivity index (χ2n) is 3.16. The highest BCUT2D eigenvalue weighted by atomic mass is 16.6. The molecule has 0 aliphatic carbocycles. The molecule has 0 amide bonds. The number of H-pyrrole nitrogens is 1. The molecule has 0 saturated heterocycles. The first-order chi connectivity index (χ1) is 7.72. The predicted molar refractivity (Wildman–Crippen MR) is 60.2 cm³/mol. The van der Waals surface area contributed by atoms with E-state index in [0.29, 0.717) is 17.2 Å². The molecule has 6 heteroatoms. The minimum Gasteiger partial charge on any atom is -0.373 e. The summed E-state index contributed by atoms with van der Waals surface area (Å²) < 4.78 is 0. The smallest absolute Gasteiger partial charge is 0.297 e. The Balaban J connectivity index is 2.59. The average Bonchev–Trinajstić information content (AvgIpc) is 2.81. The van der Waals surface area contributed by atoms with Crippen LogP contribution in [0.1, 0.15) is 0 Å². The fraction of sp³-hybridized carbons (Fsp3) is 0.100. The SMILES string of the molecule is CNc1ccc([N+](=O)[O-])c(-c2ccc[nH]2)n1. The minimum absolute atomic E-state index is 0.0125. The predicted octanol–water partition coefficient (Wildman–Crippen LogP) is 2.03. The maximum absolute atomic E-state index is 10.8. The highest BCUT2D eigenvalue weighted by Gasteiger charge is 2.17. The van der Waals surface area contributed by atoms with Crippen LogP contribution in [0.3, 0.4) is 0 Å². The Morgan fingerprint density at radius 2 is 2.25 bits per heavy atom. The lowest BCUT2D eigenvalue weighted by atomic mass is 10.2. The van der Waals surface area contributed by atoms with E-state index in [2.05, 4.69) is 15.3 Å². The van der Waals surface area contributed by atoms with Gasteiger partial charge in [0.25, 0.3) is 5.69 Å². The summed E-state index contributed by atoms with van der Waals surface area (Å²) in [6, 6.07) is 6.53. The molecule has 2 heterocycles. The maximum Gasteiger partial charge on any atom is 0.297 e. The van der Waals surface area contributed by atoms with Gasteiger partial charge in [0.1, 0.15) is 5.82 Å². The molecule has 0 saturated carbocycles. The van der Waals surface area contributed by atoms with E-state index in [4.69, 9.17) is 0 Å². The Kier molecular flexibility index (Phi) is 2.55. The highest BCUT2D eigenvalue weighted by Crippen LogP contribution is 2.27. The van der Waals surface area contributed by atoms with E-state index in [0.717, 1.165) is 0 Å². The monoisotopic (exact) mass is 218 g/mol. The van der Waals surface area contributed by atoms with Crippen LogP contribution in [0.2, 0.25) is 0 Å². The second kappa shape index (κ2) is 4.01. The highest BCUT2D eigenvalue weighted by molar-refractivity contribution is 5.68. The zero-order chi connectivity index (χ0) is 11.5. The van der Waals surface area contributed by atoms with Gasteiger partial charge in [-0.15, -0.1) is 0 Å². The molecule has 0 spiro atoms. The Labute approximate surface area is 91.5 Å². The van der Waals surface area contributed by atoms with E-state index in [1.807, 2.05) is 0 Å². The summed E-state index contributed by atoms with van der Waals surface area (Å²) in [6.45, 7) is 0. The number of nitrogens with one attached hydrogen (secondary N) is 2. The summed E-state index contributed by atoms with van der Waals surface area (Å²) in [5.41, 5.74) is 0.951. The van der Waals surface area contributed by atoms with Gasteiger partial charge < -0.3 is 10.3 Å². The third-order valence-corrected chi connectivity index (χ3v) is 2.18. The molecule has 0 aromatic carbocycles. The molecule has 2 aromatic rings. The van der Waals surface area contributed by atoms with Crippen LogP contribution in [0, 0.1) is 10.1 Å². The molecule has 82 valence electrons. The van der Waals surface area contributed by atoms with Crippen molar-refractivity contribution in [2.45, 2.75) is 0 Å². The maximum atomic E-state index is 10.8. The number of pyridine rings is 1. The first-order valence-electron chi connectivity index (χ1n) is 4.69. The summed E-state index contributed by atoms with van der Waals surface area (Å²) >= 11 is 0. The van der Waals surface area contributed by atoms with Crippen molar-refractivity contribution in [1.29, 1.82) is 0 Å². The van der Waals surface area contributed by atoms with Crippen LogP contribution in [-0.4, -0.2) is 21.9 Å². The fourth-order valence-electron chi connectivity index (χ4n) is 1.41. The second-order valence-corrected chi connectivity index (χ2v) is 3.16. The summed E-state index contributed by atoms with van der Waals surface area (Å²) in [4.78, 5) is 17.5. The molecule has 0 bridgehead atoms. The average molecular weight is 218 g/mol. The van der Waals surface area contributed by atoms with Gasteiger partial charge in [-0.25, -0.2) is 4.98 Å². The van der Waals surface area contributed by atoms with Crippen molar-refractivity contribution in [3.63, 3.8) is 0 Å². The van der Waals surface area contributed by atoms with Crippen LogP contribution in [0.25, 0.3) is 11.4 Å². The van der Waals surface area contributed by atoms with Crippen LogP contribution < -0.4 is 5.32 Å². The Hall–Kier alpha value is -2.37. The minimum atomic E-state index is -0.442. The van der Waals surface area contributed by atoms with Gasteiger partial charge in [0.15, 0.2) is 5.69 Å². The van der Waals surface area contributed by atoms with Crippen molar-refractivity contribution in [3.8, 4) is 11.4 Å². The van der Waals surface area contributed by atoms with Crippen LogP contribution in [0.4, 0.5) is 11.5 Å². The zero-order valence-corrected chi connectivity index (χ0v) is 8.60. The van der Waals surface area contributed by atoms with E-state index in [-0.39, 0.29) is 5.69 Å². The third-order valence-electron chi connectivity index (χ3n) is 2.18. The fourth-order valence-corrected chi connectivity index (χ4v) is 1.41. The van der Waals surface area contributed by atoms with Crippen LogP contribution >= 0.6 is 0 Å². The third kappa shape index (κ3) is 1.72. The number of nitrogens with zero attached hydrogens (tertiary/aromatic N) is 2. The van der Waals surface area contributed by atoms with E-state index in [1.165, 1.54) is 6.07 Å². The largest absolute Gasteiger partial charge is 0.373 e. The number of hydrogen-bond acceptors (Lipinski definition) is 4. The van der Waals surface area contributed by atoms with Gasteiger partial charge in [-0.3, -0.25) is 10.1 Å². The Morgan fingerprint density at radius 3 is 2.81 bits per heavy atom. The van der Waals surface area contributed by atoms with Crippen molar-refractivity contribution in [3.05, 3.63) is 40.6 Å². The lowest BCUT2D eigenvalue weighted by Crippen LogP contribution is -1.98. The summed E-state index contributed by atoms with van der Waals surface area (Å²) in [6.07, 6.45) is 1.70. The van der Waals surface area contributed by atoms with Gasteiger partial charge in [-0.2, -0.15) is 0 Å². The van der Waals surface area contributed by atoms with Crippen LogP contribution in [0.5, 0.6) is 0 Å². The number of rotatable bonds is 3. The number of nitro groups is 1. The van der Waals surface area contributed by atoms with Crippen LogP contribution in [0.15, 0.2) is 30.5 Å². The van der Waals surface area contributed by atoms with Gasteiger partial charge in [0, 0.05) is 19.3 Å². The van der Waals surface area contributed by atoms with Crippen molar-refractivity contribution in [2.24, 2.45) is 0 Å². The molecule has 2 aromatic heterocycles. The standard InChI is InChI=1S/C10H10N4O2/c1-11-9-5-4-8(14(15)16)10(13-9)7-3-2-6-12-7/h2-6,12H,1H3,(H,11,13). The molecular formula is C10H10N4O2. The number of aromatic nitrogens is 2. The summed E-state index contributed by atoms with van der Waals surface area (Å²) in [5.74, 6) is 0.593. The van der Waals surface area contributed by atoms with E-state index >= 15 is 0 Å². The van der Waals surface area contributed by atoms with E-state index in [9.17, 15) is 10.1 Å². The molecule has 0 radical (unpaired) electrons. The quantitative estimate of drug-likeness (QED) is 0.609. The lowest BCUT2D eigenvalue weighted by molar-refractivity contribution is -0.384. The number of hydrogen-bond donors (Lipinski definition) is 2. The molecule has 6 nitrogen and oxygen atoms in total. The van der Waals surface area contributed by atoms with E-state index in [1.54, 1.807) is 31.4 Å². The molecule has 2 N–H and O–H groups in total. The molecule has 2 rings (SSSR count). The van der Waals surface area contributed by atoms with Crippen LogP contribution in [-0.2, 0) is 0 Å². The summed E-state index contributed by atoms with van der Waals surface area (Å²) in [5, 5.41) is 13.7. The molecule has 0 fully saturated rings. The zero-order valence-electron chi connectivity index (χ0n) is 8.60.